The van der Waals surface area contributed by atoms with Crippen molar-refractivity contribution in [2.75, 3.05) is 27.3 Å². The minimum absolute atomic E-state index is 0.0450. The molecule has 9 heteroatoms. The summed E-state index contributed by atoms with van der Waals surface area (Å²) in [5.74, 6) is -0.711. The number of rotatable bonds is 7. The number of hydrogen-bond acceptors (Lipinski definition) is 6. The predicted molar refractivity (Wildman–Crippen MR) is 99.1 cm³/mol. The van der Waals surface area contributed by atoms with Crippen LogP contribution in [-0.4, -0.2) is 55.3 Å². The minimum atomic E-state index is -1.61. The Balaban J connectivity index is 2.31. The molecule has 28 heavy (non-hydrogen) atoms. The normalized spacial score (nSPS) is 19.1. The fourth-order valence-electron chi connectivity index (χ4n) is 3.36. The van der Waals surface area contributed by atoms with Crippen molar-refractivity contribution < 1.29 is 33.8 Å². The molecule has 9 nitrogen and oxygen atoms in total. The molecule has 1 saturated heterocycles. The first-order valence-electron chi connectivity index (χ1n) is 9.10. The maximum absolute atomic E-state index is 12.6. The average Bonchev–Trinajstić information content (AvgIpc) is 2.70. The van der Waals surface area contributed by atoms with E-state index >= 15 is 0 Å². The van der Waals surface area contributed by atoms with E-state index in [-0.39, 0.29) is 18.9 Å². The van der Waals surface area contributed by atoms with Gasteiger partial charge in [0.15, 0.2) is 11.5 Å². The molecule has 1 heterocycles. The number of benzene rings is 1. The zero-order chi connectivity index (χ0) is 20.7. The molecule has 0 spiro atoms. The van der Waals surface area contributed by atoms with E-state index in [0.717, 1.165) is 18.4 Å². The number of likely N-dealkylation sites (tertiary alicyclic amines) is 1. The third kappa shape index (κ3) is 5.05. The number of piperidine rings is 1. The molecule has 2 amide bonds. The molecule has 0 saturated carbocycles. The smallest absolute Gasteiger partial charge is 0.493 e. The lowest BCUT2D eigenvalue weighted by Crippen LogP contribution is -2.49. The standard InChI is InChI=1S/C19H26N2O7/c1-4-5-8-21-11-14(18(23)20-28-19(24)25)13(10-17(21)22)12-6-7-15(26-2)16(9-12)27-3/h6-7,9,13-14H,4-5,8,10-11H2,1-3H3,(H,20,23)(H,24,25)/t13-,14+/m0/s1. The van der Waals surface area contributed by atoms with Gasteiger partial charge in [0.1, 0.15) is 0 Å². The van der Waals surface area contributed by atoms with Crippen molar-refractivity contribution in [2.24, 2.45) is 5.92 Å². The third-order valence-electron chi connectivity index (χ3n) is 4.84. The lowest BCUT2D eigenvalue weighted by Gasteiger charge is -2.37. The van der Waals surface area contributed by atoms with Crippen molar-refractivity contribution >= 4 is 18.0 Å². The van der Waals surface area contributed by atoms with Crippen molar-refractivity contribution in [1.29, 1.82) is 0 Å². The van der Waals surface area contributed by atoms with Gasteiger partial charge in [0, 0.05) is 25.4 Å². The van der Waals surface area contributed by atoms with Crippen molar-refractivity contribution in [3.05, 3.63) is 23.8 Å². The minimum Gasteiger partial charge on any atom is -0.493 e. The van der Waals surface area contributed by atoms with Gasteiger partial charge in [0.2, 0.25) is 5.91 Å². The second kappa shape index (κ2) is 9.82. The molecule has 2 N–H and O–H groups in total. The summed E-state index contributed by atoms with van der Waals surface area (Å²) in [6, 6.07) is 5.22. The highest BCUT2D eigenvalue weighted by molar-refractivity contribution is 5.85. The molecule has 2 rings (SSSR count). The maximum Gasteiger partial charge on any atom is 0.530 e. The summed E-state index contributed by atoms with van der Waals surface area (Å²) in [5.41, 5.74) is 2.69. The largest absolute Gasteiger partial charge is 0.530 e. The van der Waals surface area contributed by atoms with E-state index < -0.39 is 23.9 Å². The summed E-state index contributed by atoms with van der Waals surface area (Å²) < 4.78 is 10.6. The van der Waals surface area contributed by atoms with Crippen LogP contribution < -0.4 is 15.0 Å². The van der Waals surface area contributed by atoms with Gasteiger partial charge in [-0.1, -0.05) is 19.4 Å². The van der Waals surface area contributed by atoms with Crippen LogP contribution in [0.4, 0.5) is 4.79 Å². The molecule has 1 aliphatic heterocycles. The first-order chi connectivity index (χ1) is 13.4. The SMILES string of the molecule is CCCCN1C[C@@H](C(=O)NOC(=O)O)[C@H](c2ccc(OC)c(OC)c2)CC1=O. The van der Waals surface area contributed by atoms with Crippen LogP contribution in [0.5, 0.6) is 11.5 Å². The molecule has 1 fully saturated rings. The monoisotopic (exact) mass is 394 g/mol. The lowest BCUT2D eigenvalue weighted by atomic mass is 9.79. The average molecular weight is 394 g/mol. The molecule has 154 valence electrons. The van der Waals surface area contributed by atoms with Gasteiger partial charge in [-0.15, -0.1) is 0 Å². The number of carboxylic acid groups (broad SMARTS) is 1. The molecule has 2 atom stereocenters. The van der Waals surface area contributed by atoms with E-state index in [0.29, 0.717) is 18.0 Å². The Morgan fingerprint density at radius 2 is 1.96 bits per heavy atom. The summed E-state index contributed by atoms with van der Waals surface area (Å²) >= 11 is 0. The fraction of sp³-hybridized carbons (Fsp3) is 0.526. The van der Waals surface area contributed by atoms with Gasteiger partial charge in [0.25, 0.3) is 5.91 Å². The van der Waals surface area contributed by atoms with E-state index in [4.69, 9.17) is 14.6 Å². The van der Waals surface area contributed by atoms with Crippen molar-refractivity contribution in [2.45, 2.75) is 32.1 Å². The topological polar surface area (TPSA) is 114 Å². The van der Waals surface area contributed by atoms with Gasteiger partial charge in [-0.3, -0.25) is 9.59 Å². The zero-order valence-corrected chi connectivity index (χ0v) is 16.3. The predicted octanol–water partition coefficient (Wildman–Crippen LogP) is 2.16. The highest BCUT2D eigenvalue weighted by atomic mass is 16.8. The zero-order valence-electron chi connectivity index (χ0n) is 16.3. The number of carbonyl (C=O) groups is 3. The van der Waals surface area contributed by atoms with Crippen LogP contribution in [0.2, 0.25) is 0 Å². The van der Waals surface area contributed by atoms with E-state index in [9.17, 15) is 14.4 Å². The summed E-state index contributed by atoms with van der Waals surface area (Å²) in [5, 5.41) is 8.65. The second-order valence-corrected chi connectivity index (χ2v) is 6.56. The maximum atomic E-state index is 12.6. The summed E-state index contributed by atoms with van der Waals surface area (Å²) in [6.45, 7) is 2.76. The molecule has 0 unspecified atom stereocenters. The number of hydrogen-bond donors (Lipinski definition) is 2. The van der Waals surface area contributed by atoms with Gasteiger partial charge in [-0.05, 0) is 24.1 Å². The number of carbonyl (C=O) groups excluding carboxylic acids is 2. The Hall–Kier alpha value is -2.97. The number of amides is 2. The van der Waals surface area contributed by atoms with Gasteiger partial charge >= 0.3 is 6.16 Å². The van der Waals surface area contributed by atoms with Crippen LogP contribution in [0.15, 0.2) is 18.2 Å². The van der Waals surface area contributed by atoms with E-state index in [1.807, 2.05) is 12.4 Å². The lowest BCUT2D eigenvalue weighted by molar-refractivity contribution is -0.144. The molecular weight excluding hydrogens is 368 g/mol. The van der Waals surface area contributed by atoms with Gasteiger partial charge in [0.05, 0.1) is 20.1 Å². The van der Waals surface area contributed by atoms with E-state index in [2.05, 4.69) is 4.84 Å². The molecule has 0 aromatic heterocycles. The Kier molecular flexibility index (Phi) is 7.48. The van der Waals surface area contributed by atoms with Crippen molar-refractivity contribution in [1.82, 2.24) is 10.4 Å². The Bertz CT molecular complexity index is 722. The first-order valence-corrected chi connectivity index (χ1v) is 9.10. The van der Waals surface area contributed by atoms with Crippen LogP contribution >= 0.6 is 0 Å². The quantitative estimate of drug-likeness (QED) is 0.681. The van der Waals surface area contributed by atoms with Gasteiger partial charge < -0.3 is 24.3 Å². The summed E-state index contributed by atoms with van der Waals surface area (Å²) in [6.07, 6.45) is 0.268. The molecule has 0 bridgehead atoms. The third-order valence-corrected chi connectivity index (χ3v) is 4.84. The van der Waals surface area contributed by atoms with Crippen LogP contribution in [0.25, 0.3) is 0 Å². The number of ether oxygens (including phenoxy) is 2. The number of methoxy groups -OCH3 is 2. The number of hydroxylamine groups is 1. The Labute approximate surface area is 163 Å². The second-order valence-electron chi connectivity index (χ2n) is 6.56. The number of nitrogens with one attached hydrogen (secondary N) is 1. The number of nitrogens with zero attached hydrogens (tertiary/aromatic N) is 1. The highest BCUT2D eigenvalue weighted by Crippen LogP contribution is 2.38. The van der Waals surface area contributed by atoms with Crippen LogP contribution in [0.3, 0.4) is 0 Å². The van der Waals surface area contributed by atoms with Crippen LogP contribution in [-0.2, 0) is 14.4 Å². The van der Waals surface area contributed by atoms with Crippen molar-refractivity contribution in [3.8, 4) is 11.5 Å². The molecule has 1 aromatic carbocycles. The van der Waals surface area contributed by atoms with E-state index in [1.165, 1.54) is 14.2 Å². The molecule has 1 aromatic rings. The summed E-state index contributed by atoms with van der Waals surface area (Å²) in [7, 11) is 3.03. The van der Waals surface area contributed by atoms with Crippen molar-refractivity contribution in [3.63, 3.8) is 0 Å². The fourth-order valence-corrected chi connectivity index (χ4v) is 3.36. The first kappa shape index (κ1) is 21.3. The van der Waals surface area contributed by atoms with Crippen LogP contribution in [0, 0.1) is 5.92 Å². The Morgan fingerprint density at radius 3 is 2.57 bits per heavy atom. The van der Waals surface area contributed by atoms with E-state index in [1.54, 1.807) is 23.1 Å². The van der Waals surface area contributed by atoms with Gasteiger partial charge in [-0.25, -0.2) is 4.79 Å². The van der Waals surface area contributed by atoms with Gasteiger partial charge in [-0.2, -0.15) is 5.48 Å². The van der Waals surface area contributed by atoms with Crippen LogP contribution in [0.1, 0.15) is 37.7 Å². The molecule has 0 radical (unpaired) electrons. The molecule has 0 aliphatic carbocycles. The molecular formula is C19H26N2O7. The molecule has 1 aliphatic rings. The highest BCUT2D eigenvalue weighted by Gasteiger charge is 2.39. The Morgan fingerprint density at radius 1 is 1.25 bits per heavy atom. The number of unbranched alkanes of at least 4 members (excludes halogenated alkanes) is 1. The summed E-state index contributed by atoms with van der Waals surface area (Å²) in [4.78, 5) is 41.7.